The van der Waals surface area contributed by atoms with E-state index in [-0.39, 0.29) is 12.5 Å². The highest BCUT2D eigenvalue weighted by Gasteiger charge is 2.13. The van der Waals surface area contributed by atoms with Gasteiger partial charge in [0.25, 0.3) is 0 Å². The molecular formula is C13H17F2N3O. The first-order valence-corrected chi connectivity index (χ1v) is 6.28. The molecule has 1 heterocycles. The van der Waals surface area contributed by atoms with Gasteiger partial charge in [-0.05, 0) is 17.7 Å². The van der Waals surface area contributed by atoms with Gasteiger partial charge in [-0.15, -0.1) is 0 Å². The number of hydrogen-bond donors (Lipinski definition) is 2. The Morgan fingerprint density at radius 3 is 2.47 bits per heavy atom. The third-order valence-electron chi connectivity index (χ3n) is 2.99. The molecule has 0 saturated carbocycles. The molecule has 0 unspecified atom stereocenters. The number of nitrogens with one attached hydrogen (secondary N) is 2. The smallest absolute Gasteiger partial charge is 0.234 e. The molecule has 6 heteroatoms. The van der Waals surface area contributed by atoms with Gasteiger partial charge in [0, 0.05) is 38.8 Å². The molecule has 1 saturated heterocycles. The highest BCUT2D eigenvalue weighted by atomic mass is 19.1. The molecule has 1 aromatic carbocycles. The summed E-state index contributed by atoms with van der Waals surface area (Å²) in [5.74, 6) is -1.40. The average molecular weight is 269 g/mol. The lowest BCUT2D eigenvalue weighted by Crippen LogP contribution is -2.47. The van der Waals surface area contributed by atoms with Crippen molar-refractivity contribution in [2.75, 3.05) is 32.7 Å². The van der Waals surface area contributed by atoms with Crippen molar-refractivity contribution < 1.29 is 13.6 Å². The fraction of sp³-hybridized carbons (Fsp3) is 0.462. The SMILES string of the molecule is O=C(CN1CCNCC1)NCc1cc(F)cc(F)c1. The normalized spacial score (nSPS) is 16.3. The van der Waals surface area contributed by atoms with Crippen LogP contribution in [0.4, 0.5) is 8.78 Å². The Kier molecular flexibility index (Phi) is 4.81. The number of carbonyl (C=O) groups is 1. The van der Waals surface area contributed by atoms with Crippen LogP contribution in [-0.2, 0) is 11.3 Å². The van der Waals surface area contributed by atoms with Crippen molar-refractivity contribution >= 4 is 5.91 Å². The topological polar surface area (TPSA) is 44.4 Å². The van der Waals surface area contributed by atoms with E-state index in [2.05, 4.69) is 10.6 Å². The third kappa shape index (κ3) is 4.57. The summed E-state index contributed by atoms with van der Waals surface area (Å²) in [6, 6.07) is 3.24. The predicted molar refractivity (Wildman–Crippen MR) is 67.5 cm³/mol. The molecule has 0 bridgehead atoms. The lowest BCUT2D eigenvalue weighted by molar-refractivity contribution is -0.122. The Morgan fingerprint density at radius 2 is 1.84 bits per heavy atom. The number of hydrogen-bond acceptors (Lipinski definition) is 3. The summed E-state index contributed by atoms with van der Waals surface area (Å²) in [4.78, 5) is 13.7. The Hall–Kier alpha value is -1.53. The maximum absolute atomic E-state index is 13.0. The molecule has 19 heavy (non-hydrogen) atoms. The number of carbonyl (C=O) groups excluding carboxylic acids is 1. The zero-order valence-corrected chi connectivity index (χ0v) is 10.6. The Bertz CT molecular complexity index is 427. The third-order valence-corrected chi connectivity index (χ3v) is 2.99. The zero-order valence-electron chi connectivity index (χ0n) is 10.6. The van der Waals surface area contributed by atoms with Gasteiger partial charge in [0.2, 0.25) is 5.91 Å². The van der Waals surface area contributed by atoms with E-state index in [4.69, 9.17) is 0 Å². The molecule has 1 aliphatic rings. The summed E-state index contributed by atoms with van der Waals surface area (Å²) in [5, 5.41) is 5.87. The fourth-order valence-corrected chi connectivity index (χ4v) is 2.04. The standard InChI is InChI=1S/C13H17F2N3O/c14-11-5-10(6-12(15)7-11)8-17-13(19)9-18-3-1-16-2-4-18/h5-7,16H,1-4,8-9H2,(H,17,19). The lowest BCUT2D eigenvalue weighted by atomic mass is 10.2. The number of amides is 1. The monoisotopic (exact) mass is 269 g/mol. The quantitative estimate of drug-likeness (QED) is 0.836. The summed E-state index contributed by atoms with van der Waals surface area (Å²) in [6.45, 7) is 3.88. The summed E-state index contributed by atoms with van der Waals surface area (Å²) >= 11 is 0. The Balaban J connectivity index is 1.79. The van der Waals surface area contributed by atoms with Crippen LogP contribution < -0.4 is 10.6 Å². The molecule has 1 amide bonds. The Morgan fingerprint density at radius 1 is 1.21 bits per heavy atom. The van der Waals surface area contributed by atoms with E-state index in [9.17, 15) is 13.6 Å². The molecule has 0 aromatic heterocycles. The van der Waals surface area contributed by atoms with Gasteiger partial charge >= 0.3 is 0 Å². The summed E-state index contributed by atoms with van der Waals surface area (Å²) in [7, 11) is 0. The maximum Gasteiger partial charge on any atom is 0.234 e. The average Bonchev–Trinajstić information content (AvgIpc) is 2.36. The summed E-state index contributed by atoms with van der Waals surface area (Å²) in [6.07, 6.45) is 0. The molecule has 2 N–H and O–H groups in total. The number of benzene rings is 1. The van der Waals surface area contributed by atoms with Gasteiger partial charge in [0.05, 0.1) is 6.54 Å². The van der Waals surface area contributed by atoms with Crippen LogP contribution in [0.25, 0.3) is 0 Å². The highest BCUT2D eigenvalue weighted by molar-refractivity contribution is 5.78. The molecule has 2 rings (SSSR count). The van der Waals surface area contributed by atoms with Crippen molar-refractivity contribution in [1.82, 2.24) is 15.5 Å². The fourth-order valence-electron chi connectivity index (χ4n) is 2.04. The minimum Gasteiger partial charge on any atom is -0.351 e. The maximum atomic E-state index is 13.0. The molecule has 0 radical (unpaired) electrons. The van der Waals surface area contributed by atoms with Crippen molar-refractivity contribution in [1.29, 1.82) is 0 Å². The second-order valence-electron chi connectivity index (χ2n) is 4.58. The molecule has 0 aliphatic carbocycles. The highest BCUT2D eigenvalue weighted by Crippen LogP contribution is 2.07. The van der Waals surface area contributed by atoms with Gasteiger partial charge in [-0.1, -0.05) is 0 Å². The first-order chi connectivity index (χ1) is 9.13. The second-order valence-corrected chi connectivity index (χ2v) is 4.58. The minimum absolute atomic E-state index is 0.133. The van der Waals surface area contributed by atoms with Crippen LogP contribution in [-0.4, -0.2) is 43.5 Å². The lowest BCUT2D eigenvalue weighted by Gasteiger charge is -2.26. The van der Waals surface area contributed by atoms with E-state index < -0.39 is 11.6 Å². The molecule has 0 spiro atoms. The van der Waals surface area contributed by atoms with Crippen LogP contribution in [0.15, 0.2) is 18.2 Å². The van der Waals surface area contributed by atoms with Crippen molar-refractivity contribution in [2.24, 2.45) is 0 Å². The number of halogens is 2. The van der Waals surface area contributed by atoms with Crippen LogP contribution in [0.3, 0.4) is 0 Å². The first kappa shape index (κ1) is 13.9. The number of piperazine rings is 1. The van der Waals surface area contributed by atoms with Crippen molar-refractivity contribution in [2.45, 2.75) is 6.54 Å². The number of nitrogens with zero attached hydrogens (tertiary/aromatic N) is 1. The van der Waals surface area contributed by atoms with E-state index in [1.54, 1.807) is 0 Å². The van der Waals surface area contributed by atoms with Gasteiger partial charge in [-0.2, -0.15) is 0 Å². The molecule has 104 valence electrons. The molecule has 1 fully saturated rings. The van der Waals surface area contributed by atoms with Crippen LogP contribution in [0, 0.1) is 11.6 Å². The number of rotatable bonds is 4. The summed E-state index contributed by atoms with van der Waals surface area (Å²) in [5.41, 5.74) is 0.422. The second kappa shape index (κ2) is 6.58. The largest absolute Gasteiger partial charge is 0.351 e. The Labute approximate surface area is 110 Å². The van der Waals surface area contributed by atoms with E-state index in [1.807, 2.05) is 4.90 Å². The molecule has 0 atom stereocenters. The van der Waals surface area contributed by atoms with Gasteiger partial charge in [-0.3, -0.25) is 9.69 Å². The van der Waals surface area contributed by atoms with Gasteiger partial charge in [0.1, 0.15) is 11.6 Å². The van der Waals surface area contributed by atoms with Crippen molar-refractivity contribution in [3.8, 4) is 0 Å². The van der Waals surface area contributed by atoms with Gasteiger partial charge in [-0.25, -0.2) is 8.78 Å². The minimum atomic E-state index is -0.633. The van der Waals surface area contributed by atoms with E-state index >= 15 is 0 Å². The predicted octanol–water partition coefficient (Wildman–Crippen LogP) is 0.486. The zero-order chi connectivity index (χ0) is 13.7. The van der Waals surface area contributed by atoms with E-state index in [0.717, 1.165) is 32.2 Å². The van der Waals surface area contributed by atoms with Crippen LogP contribution in [0.1, 0.15) is 5.56 Å². The first-order valence-electron chi connectivity index (χ1n) is 6.28. The summed E-state index contributed by atoms with van der Waals surface area (Å²) < 4.78 is 25.9. The molecule has 1 aromatic rings. The molecule has 4 nitrogen and oxygen atoms in total. The van der Waals surface area contributed by atoms with E-state index in [1.165, 1.54) is 12.1 Å². The van der Waals surface area contributed by atoms with Crippen LogP contribution in [0.2, 0.25) is 0 Å². The molecule has 1 aliphatic heterocycles. The van der Waals surface area contributed by atoms with Gasteiger partial charge < -0.3 is 10.6 Å². The van der Waals surface area contributed by atoms with Crippen LogP contribution >= 0.6 is 0 Å². The van der Waals surface area contributed by atoms with Gasteiger partial charge in [0.15, 0.2) is 0 Å². The molecular weight excluding hydrogens is 252 g/mol. The van der Waals surface area contributed by atoms with Crippen molar-refractivity contribution in [3.63, 3.8) is 0 Å². The van der Waals surface area contributed by atoms with E-state index in [0.29, 0.717) is 12.1 Å². The van der Waals surface area contributed by atoms with Crippen molar-refractivity contribution in [3.05, 3.63) is 35.4 Å². The van der Waals surface area contributed by atoms with Crippen LogP contribution in [0.5, 0.6) is 0 Å².